The van der Waals surface area contributed by atoms with Crippen LogP contribution < -0.4 is 15.4 Å². The molecule has 0 radical (unpaired) electrons. The lowest BCUT2D eigenvalue weighted by Gasteiger charge is -2.12. The predicted molar refractivity (Wildman–Crippen MR) is 84.5 cm³/mol. The number of likely N-dealkylation sites (N-methyl/N-ethyl adjacent to an activating group) is 1. The van der Waals surface area contributed by atoms with Gasteiger partial charge in [0.2, 0.25) is 0 Å². The van der Waals surface area contributed by atoms with Gasteiger partial charge < -0.3 is 15.4 Å². The van der Waals surface area contributed by atoms with Gasteiger partial charge in [-0.3, -0.25) is 4.79 Å². The van der Waals surface area contributed by atoms with E-state index >= 15 is 0 Å². The third-order valence-electron chi connectivity index (χ3n) is 3.67. The molecule has 1 saturated carbocycles. The fourth-order valence-corrected chi connectivity index (χ4v) is 2.28. The van der Waals surface area contributed by atoms with Crippen molar-refractivity contribution in [3.63, 3.8) is 0 Å². The quantitative estimate of drug-likeness (QED) is 0.732. The van der Waals surface area contributed by atoms with Gasteiger partial charge in [-0.05, 0) is 56.3 Å². The van der Waals surface area contributed by atoms with Gasteiger partial charge in [0, 0.05) is 12.6 Å². The van der Waals surface area contributed by atoms with Gasteiger partial charge in [0.05, 0.1) is 0 Å². The molecule has 1 unspecified atom stereocenters. The molecule has 0 heterocycles. The average Bonchev–Trinajstić information content (AvgIpc) is 3.29. The topological polar surface area (TPSA) is 50.4 Å². The molecular weight excluding hydrogens is 264 g/mol. The molecule has 4 heteroatoms. The normalized spacial score (nSPS) is 15.5. The van der Waals surface area contributed by atoms with Gasteiger partial charge in [-0.15, -0.1) is 0 Å². The number of benzene rings is 1. The summed E-state index contributed by atoms with van der Waals surface area (Å²) in [6.45, 7) is 6.17. The van der Waals surface area contributed by atoms with Crippen molar-refractivity contribution in [3.05, 3.63) is 29.8 Å². The summed E-state index contributed by atoms with van der Waals surface area (Å²) in [5, 5.41) is 6.29. The van der Waals surface area contributed by atoms with Crippen LogP contribution in [0.3, 0.4) is 0 Å². The second-order valence-electron chi connectivity index (χ2n) is 5.84. The van der Waals surface area contributed by atoms with Crippen molar-refractivity contribution in [3.8, 4) is 5.75 Å². The zero-order valence-corrected chi connectivity index (χ0v) is 13.0. The molecule has 0 spiro atoms. The van der Waals surface area contributed by atoms with Crippen LogP contribution in [-0.4, -0.2) is 31.6 Å². The molecule has 0 aromatic heterocycles. The number of hydrogen-bond donors (Lipinski definition) is 2. The average molecular weight is 290 g/mol. The Morgan fingerprint density at radius 3 is 2.67 bits per heavy atom. The van der Waals surface area contributed by atoms with Crippen molar-refractivity contribution >= 4 is 5.91 Å². The Kier molecular flexibility index (Phi) is 6.05. The largest absolute Gasteiger partial charge is 0.484 e. The highest BCUT2D eigenvalue weighted by Gasteiger charge is 2.21. The molecule has 1 fully saturated rings. The van der Waals surface area contributed by atoms with E-state index in [9.17, 15) is 4.79 Å². The molecule has 21 heavy (non-hydrogen) atoms. The third-order valence-corrected chi connectivity index (χ3v) is 3.67. The Hall–Kier alpha value is -1.55. The van der Waals surface area contributed by atoms with Gasteiger partial charge in [0.15, 0.2) is 6.61 Å². The van der Waals surface area contributed by atoms with E-state index in [1.807, 2.05) is 12.1 Å². The van der Waals surface area contributed by atoms with Crippen LogP contribution in [0.15, 0.2) is 24.3 Å². The molecule has 1 amide bonds. The van der Waals surface area contributed by atoms with Gasteiger partial charge in [-0.25, -0.2) is 0 Å². The van der Waals surface area contributed by atoms with Gasteiger partial charge in [0.1, 0.15) is 5.75 Å². The van der Waals surface area contributed by atoms with Gasteiger partial charge in [-0.1, -0.05) is 19.1 Å². The Morgan fingerprint density at radius 1 is 1.33 bits per heavy atom. The number of carbonyl (C=O) groups excluding carboxylic acids is 1. The van der Waals surface area contributed by atoms with Crippen molar-refractivity contribution in [2.24, 2.45) is 5.92 Å². The molecule has 0 aliphatic heterocycles. The maximum atomic E-state index is 11.6. The summed E-state index contributed by atoms with van der Waals surface area (Å²) in [6, 6.07) is 8.45. The van der Waals surface area contributed by atoms with Crippen LogP contribution >= 0.6 is 0 Å². The van der Waals surface area contributed by atoms with E-state index in [0.29, 0.717) is 12.0 Å². The molecule has 1 aliphatic carbocycles. The first kappa shape index (κ1) is 15.8. The van der Waals surface area contributed by atoms with E-state index in [1.165, 1.54) is 18.4 Å². The Balaban J connectivity index is 1.69. The molecular formula is C17H26N2O2. The maximum absolute atomic E-state index is 11.6. The van der Waals surface area contributed by atoms with E-state index in [1.54, 1.807) is 0 Å². The summed E-state index contributed by atoms with van der Waals surface area (Å²) >= 11 is 0. The number of carbonyl (C=O) groups is 1. The zero-order valence-electron chi connectivity index (χ0n) is 13.0. The van der Waals surface area contributed by atoms with Crippen LogP contribution in [0.5, 0.6) is 5.75 Å². The molecule has 1 atom stereocenters. The summed E-state index contributed by atoms with van der Waals surface area (Å²) < 4.78 is 5.50. The summed E-state index contributed by atoms with van der Waals surface area (Å²) in [5.74, 6) is 1.41. The molecule has 4 nitrogen and oxygen atoms in total. The molecule has 1 aliphatic rings. The molecule has 0 saturated heterocycles. The van der Waals surface area contributed by atoms with Gasteiger partial charge >= 0.3 is 0 Å². The lowest BCUT2D eigenvalue weighted by atomic mass is 10.1. The fourth-order valence-electron chi connectivity index (χ4n) is 2.28. The van der Waals surface area contributed by atoms with Crippen molar-refractivity contribution in [1.29, 1.82) is 0 Å². The van der Waals surface area contributed by atoms with E-state index < -0.39 is 0 Å². The second kappa shape index (κ2) is 8.03. The lowest BCUT2D eigenvalue weighted by Crippen LogP contribution is -2.30. The van der Waals surface area contributed by atoms with E-state index in [0.717, 1.165) is 25.3 Å². The highest BCUT2D eigenvalue weighted by Crippen LogP contribution is 2.27. The standard InChI is InChI=1S/C17H26N2O2/c1-3-18-13(2)10-14-6-8-16(9-7-14)21-12-17(20)19-11-15-4-5-15/h6-9,13,15,18H,3-5,10-12H2,1-2H3,(H,19,20). The summed E-state index contributed by atoms with van der Waals surface area (Å²) in [6.07, 6.45) is 3.48. The highest BCUT2D eigenvalue weighted by molar-refractivity contribution is 5.77. The monoisotopic (exact) mass is 290 g/mol. The number of hydrogen-bond acceptors (Lipinski definition) is 3. The molecule has 0 bridgehead atoms. The van der Waals surface area contributed by atoms with Crippen molar-refractivity contribution in [1.82, 2.24) is 10.6 Å². The van der Waals surface area contributed by atoms with Crippen LogP contribution in [-0.2, 0) is 11.2 Å². The van der Waals surface area contributed by atoms with Gasteiger partial charge in [-0.2, -0.15) is 0 Å². The first-order chi connectivity index (χ1) is 10.2. The summed E-state index contributed by atoms with van der Waals surface area (Å²) in [7, 11) is 0. The summed E-state index contributed by atoms with van der Waals surface area (Å²) in [5.41, 5.74) is 1.27. The van der Waals surface area contributed by atoms with Crippen molar-refractivity contribution in [2.45, 2.75) is 39.2 Å². The van der Waals surface area contributed by atoms with E-state index in [-0.39, 0.29) is 12.5 Å². The molecule has 2 N–H and O–H groups in total. The second-order valence-corrected chi connectivity index (χ2v) is 5.84. The fraction of sp³-hybridized carbons (Fsp3) is 0.588. The molecule has 116 valence electrons. The highest BCUT2D eigenvalue weighted by atomic mass is 16.5. The van der Waals surface area contributed by atoms with Crippen LogP contribution in [0.2, 0.25) is 0 Å². The van der Waals surface area contributed by atoms with Crippen LogP contribution in [0.1, 0.15) is 32.3 Å². The Morgan fingerprint density at radius 2 is 2.05 bits per heavy atom. The lowest BCUT2D eigenvalue weighted by molar-refractivity contribution is -0.123. The number of amides is 1. The van der Waals surface area contributed by atoms with Crippen LogP contribution in [0, 0.1) is 5.92 Å². The molecule has 1 aromatic carbocycles. The predicted octanol–water partition coefficient (Wildman–Crippen LogP) is 2.13. The van der Waals surface area contributed by atoms with Crippen molar-refractivity contribution in [2.75, 3.05) is 19.7 Å². The van der Waals surface area contributed by atoms with Crippen molar-refractivity contribution < 1.29 is 9.53 Å². The van der Waals surface area contributed by atoms with Gasteiger partial charge in [0.25, 0.3) is 5.91 Å². The maximum Gasteiger partial charge on any atom is 0.257 e. The minimum absolute atomic E-state index is 0.0354. The Bertz CT molecular complexity index is 441. The Labute approximate surface area is 127 Å². The van der Waals surface area contributed by atoms with Crippen LogP contribution in [0.4, 0.5) is 0 Å². The minimum atomic E-state index is -0.0354. The van der Waals surface area contributed by atoms with E-state index in [2.05, 4.69) is 36.6 Å². The first-order valence-corrected chi connectivity index (χ1v) is 7.89. The molecule has 1 aromatic rings. The summed E-state index contributed by atoms with van der Waals surface area (Å²) in [4.78, 5) is 11.6. The SMILES string of the molecule is CCNC(C)Cc1ccc(OCC(=O)NCC2CC2)cc1. The minimum Gasteiger partial charge on any atom is -0.484 e. The first-order valence-electron chi connectivity index (χ1n) is 7.89. The third kappa shape index (κ3) is 6.17. The zero-order chi connectivity index (χ0) is 15.1. The molecule has 2 rings (SSSR count). The number of rotatable bonds is 9. The number of ether oxygens (including phenoxy) is 1. The smallest absolute Gasteiger partial charge is 0.257 e. The van der Waals surface area contributed by atoms with E-state index in [4.69, 9.17) is 4.74 Å². The van der Waals surface area contributed by atoms with Crippen LogP contribution in [0.25, 0.3) is 0 Å². The number of nitrogens with one attached hydrogen (secondary N) is 2.